The zero-order valence-corrected chi connectivity index (χ0v) is 10.4. The summed E-state index contributed by atoms with van der Waals surface area (Å²) in [6, 6.07) is -0.527. The van der Waals surface area contributed by atoms with Crippen molar-refractivity contribution < 1.29 is 22.1 Å². The lowest BCUT2D eigenvalue weighted by atomic mass is 10.1. The first-order valence-corrected chi connectivity index (χ1v) is 6.67. The quantitative estimate of drug-likeness (QED) is 0.729. The number of nitrogens with one attached hydrogen (secondary N) is 1. The zero-order chi connectivity index (χ0) is 12.3. The van der Waals surface area contributed by atoms with Crippen molar-refractivity contribution in [1.82, 2.24) is 4.72 Å². The van der Waals surface area contributed by atoms with Crippen LogP contribution in [0.15, 0.2) is 0 Å². The van der Waals surface area contributed by atoms with Crippen LogP contribution in [0.4, 0.5) is 0 Å². The maximum atomic E-state index is 11.6. The Morgan fingerprint density at radius 3 is 2.62 bits per heavy atom. The minimum Gasteiger partial charge on any atom is -0.461 e. The predicted octanol–water partition coefficient (Wildman–Crippen LogP) is 0.340. The van der Waals surface area contributed by atoms with E-state index in [1.54, 1.807) is 13.8 Å². The summed E-state index contributed by atoms with van der Waals surface area (Å²) in [7, 11) is -3.80. The molecule has 1 fully saturated rings. The van der Waals surface area contributed by atoms with Gasteiger partial charge in [-0.2, -0.15) is 13.1 Å². The summed E-state index contributed by atoms with van der Waals surface area (Å²) in [5.74, 6) is -0.637. The molecule has 1 rings (SSSR count). The Hall–Kier alpha value is -0.660. The van der Waals surface area contributed by atoms with Crippen molar-refractivity contribution in [2.75, 3.05) is 0 Å². The van der Waals surface area contributed by atoms with Crippen molar-refractivity contribution in [3.05, 3.63) is 0 Å². The molecule has 0 aromatic heterocycles. The standard InChI is InChI=1S/C9H17NO5S/c1-4-5-7-8(9(11)14-6(2)3)15-16(12,13)10-7/h6-8,10H,4-5H2,1-3H3/t7-,8-/m0/s1. The fourth-order valence-electron chi connectivity index (χ4n) is 1.50. The van der Waals surface area contributed by atoms with Crippen LogP contribution in [0.2, 0.25) is 0 Å². The van der Waals surface area contributed by atoms with Gasteiger partial charge in [-0.3, -0.25) is 0 Å². The Bertz CT molecular complexity index is 351. The van der Waals surface area contributed by atoms with E-state index in [-0.39, 0.29) is 6.10 Å². The van der Waals surface area contributed by atoms with E-state index in [2.05, 4.69) is 8.91 Å². The second kappa shape index (κ2) is 5.11. The lowest BCUT2D eigenvalue weighted by molar-refractivity contribution is -0.155. The van der Waals surface area contributed by atoms with Gasteiger partial charge in [0.05, 0.1) is 12.1 Å². The normalized spacial score (nSPS) is 28.2. The van der Waals surface area contributed by atoms with Crippen LogP contribution in [-0.4, -0.2) is 32.6 Å². The van der Waals surface area contributed by atoms with E-state index in [4.69, 9.17) is 4.74 Å². The fraction of sp³-hybridized carbons (Fsp3) is 0.889. The molecule has 6 nitrogen and oxygen atoms in total. The van der Waals surface area contributed by atoms with E-state index in [0.717, 1.165) is 6.42 Å². The molecule has 94 valence electrons. The molecule has 0 aliphatic carbocycles. The van der Waals surface area contributed by atoms with E-state index < -0.39 is 28.4 Å². The molecule has 1 saturated heterocycles. The molecular weight excluding hydrogens is 234 g/mol. The van der Waals surface area contributed by atoms with Crippen molar-refractivity contribution in [3.63, 3.8) is 0 Å². The highest BCUT2D eigenvalue weighted by atomic mass is 32.2. The number of esters is 1. The van der Waals surface area contributed by atoms with Gasteiger partial charge in [-0.15, -0.1) is 0 Å². The summed E-state index contributed by atoms with van der Waals surface area (Å²) < 4.78 is 34.2. The SMILES string of the molecule is CCC[C@@H]1NS(=O)(=O)O[C@@H]1C(=O)OC(C)C. The monoisotopic (exact) mass is 251 g/mol. The number of ether oxygens (including phenoxy) is 1. The zero-order valence-electron chi connectivity index (χ0n) is 9.60. The topological polar surface area (TPSA) is 81.7 Å². The first-order valence-electron chi connectivity index (χ1n) is 5.26. The van der Waals surface area contributed by atoms with Gasteiger partial charge in [-0.1, -0.05) is 13.3 Å². The van der Waals surface area contributed by atoms with Gasteiger partial charge in [-0.25, -0.2) is 8.98 Å². The van der Waals surface area contributed by atoms with Crippen molar-refractivity contribution in [2.45, 2.75) is 51.9 Å². The molecule has 1 N–H and O–H groups in total. The number of rotatable bonds is 4. The molecule has 0 aromatic carbocycles. The molecule has 0 unspecified atom stereocenters. The Balaban J connectivity index is 2.73. The molecule has 2 atom stereocenters. The van der Waals surface area contributed by atoms with Crippen LogP contribution < -0.4 is 4.72 Å². The van der Waals surface area contributed by atoms with Gasteiger partial charge >= 0.3 is 16.3 Å². The van der Waals surface area contributed by atoms with E-state index >= 15 is 0 Å². The van der Waals surface area contributed by atoms with Crippen LogP contribution in [0.25, 0.3) is 0 Å². The lowest BCUT2D eigenvalue weighted by Crippen LogP contribution is -2.38. The van der Waals surface area contributed by atoms with Gasteiger partial charge in [0.1, 0.15) is 0 Å². The third-order valence-corrected chi connectivity index (χ3v) is 3.13. The third kappa shape index (κ3) is 3.43. The molecule has 0 spiro atoms. The van der Waals surface area contributed by atoms with Crippen LogP contribution in [0, 0.1) is 0 Å². The van der Waals surface area contributed by atoms with Crippen LogP contribution in [0.5, 0.6) is 0 Å². The summed E-state index contributed by atoms with van der Waals surface area (Å²) in [4.78, 5) is 11.6. The van der Waals surface area contributed by atoms with Crippen molar-refractivity contribution in [3.8, 4) is 0 Å². The minimum atomic E-state index is -3.80. The van der Waals surface area contributed by atoms with Crippen molar-refractivity contribution in [1.29, 1.82) is 0 Å². The fourth-order valence-corrected chi connectivity index (χ4v) is 2.66. The first-order chi connectivity index (χ1) is 7.35. The van der Waals surface area contributed by atoms with E-state index in [0.29, 0.717) is 6.42 Å². The average Bonchev–Trinajstić information content (AvgIpc) is 2.40. The molecule has 1 heterocycles. The number of carbonyl (C=O) groups excluding carboxylic acids is 1. The van der Waals surface area contributed by atoms with E-state index in [1.165, 1.54) is 0 Å². The van der Waals surface area contributed by atoms with E-state index in [1.807, 2.05) is 6.92 Å². The van der Waals surface area contributed by atoms with Gasteiger partial charge in [0, 0.05) is 0 Å². The molecule has 0 radical (unpaired) electrons. The third-order valence-electron chi connectivity index (χ3n) is 2.08. The highest BCUT2D eigenvalue weighted by Gasteiger charge is 2.43. The summed E-state index contributed by atoms with van der Waals surface area (Å²) in [6.07, 6.45) is -0.0620. The molecule has 0 aromatic rings. The molecule has 0 saturated carbocycles. The number of carbonyl (C=O) groups is 1. The second-order valence-electron chi connectivity index (χ2n) is 3.97. The molecule has 1 aliphatic rings. The average molecular weight is 251 g/mol. The second-order valence-corrected chi connectivity index (χ2v) is 5.31. The molecule has 0 bridgehead atoms. The highest BCUT2D eigenvalue weighted by Crippen LogP contribution is 2.19. The van der Waals surface area contributed by atoms with E-state index in [9.17, 15) is 13.2 Å². The first kappa shape index (κ1) is 13.4. The molecule has 0 amide bonds. The summed E-state index contributed by atoms with van der Waals surface area (Å²) in [5, 5.41) is 0. The smallest absolute Gasteiger partial charge is 0.338 e. The molecular formula is C9H17NO5S. The lowest BCUT2D eigenvalue weighted by Gasteiger charge is -2.15. The highest BCUT2D eigenvalue weighted by molar-refractivity contribution is 7.85. The number of hydrogen-bond acceptors (Lipinski definition) is 5. The van der Waals surface area contributed by atoms with Crippen molar-refractivity contribution >= 4 is 16.3 Å². The Morgan fingerprint density at radius 2 is 2.12 bits per heavy atom. The largest absolute Gasteiger partial charge is 0.461 e. The maximum Gasteiger partial charge on any atom is 0.338 e. The van der Waals surface area contributed by atoms with Crippen LogP contribution >= 0.6 is 0 Å². The van der Waals surface area contributed by atoms with Gasteiger partial charge in [-0.05, 0) is 20.3 Å². The van der Waals surface area contributed by atoms with Crippen LogP contribution in [0.3, 0.4) is 0 Å². The Morgan fingerprint density at radius 1 is 1.50 bits per heavy atom. The Kier molecular flexibility index (Phi) is 4.28. The maximum absolute atomic E-state index is 11.6. The Labute approximate surface area is 95.6 Å². The number of hydrogen-bond donors (Lipinski definition) is 1. The summed E-state index contributed by atoms with van der Waals surface area (Å²) in [5.41, 5.74) is 0. The van der Waals surface area contributed by atoms with Gasteiger partial charge in [0.25, 0.3) is 0 Å². The van der Waals surface area contributed by atoms with Gasteiger partial charge in [0.2, 0.25) is 0 Å². The minimum absolute atomic E-state index is 0.290. The molecule has 7 heteroatoms. The van der Waals surface area contributed by atoms with Gasteiger partial charge < -0.3 is 4.74 Å². The molecule has 16 heavy (non-hydrogen) atoms. The van der Waals surface area contributed by atoms with Crippen molar-refractivity contribution in [2.24, 2.45) is 0 Å². The summed E-state index contributed by atoms with van der Waals surface area (Å²) in [6.45, 7) is 5.30. The van der Waals surface area contributed by atoms with Crippen LogP contribution in [0.1, 0.15) is 33.6 Å². The predicted molar refractivity (Wildman–Crippen MR) is 56.9 cm³/mol. The summed E-state index contributed by atoms with van der Waals surface area (Å²) >= 11 is 0. The van der Waals surface area contributed by atoms with Gasteiger partial charge in [0.15, 0.2) is 6.10 Å². The van der Waals surface area contributed by atoms with Crippen LogP contribution in [-0.2, 0) is 24.0 Å². The molecule has 1 aliphatic heterocycles.